The molecule has 0 atom stereocenters. The van der Waals surface area contributed by atoms with Gasteiger partial charge >= 0.3 is 0 Å². The van der Waals surface area contributed by atoms with E-state index < -0.39 is 0 Å². The van der Waals surface area contributed by atoms with Crippen molar-refractivity contribution in [2.24, 2.45) is 5.92 Å². The highest BCUT2D eigenvalue weighted by Crippen LogP contribution is 2.27. The normalized spacial score (nSPS) is 15.3. The zero-order chi connectivity index (χ0) is 14.4. The minimum atomic E-state index is -0.379. The molecule has 1 amide bonds. The molecule has 4 heteroatoms. The van der Waals surface area contributed by atoms with Crippen LogP contribution in [0.1, 0.15) is 49.4 Å². The third-order valence-electron chi connectivity index (χ3n) is 3.92. The molecule has 0 radical (unpaired) electrons. The Morgan fingerprint density at radius 1 is 1.35 bits per heavy atom. The number of amides is 1. The lowest BCUT2D eigenvalue weighted by Crippen LogP contribution is -2.26. The third kappa shape index (κ3) is 3.71. The topological polar surface area (TPSA) is 41.1 Å². The maximum atomic E-state index is 13.7. The van der Waals surface area contributed by atoms with Crippen molar-refractivity contribution in [3.63, 3.8) is 0 Å². The third-order valence-corrected chi connectivity index (χ3v) is 3.92. The van der Waals surface area contributed by atoms with E-state index in [1.807, 2.05) is 6.92 Å². The van der Waals surface area contributed by atoms with E-state index in [-0.39, 0.29) is 11.7 Å². The van der Waals surface area contributed by atoms with Crippen molar-refractivity contribution in [1.29, 1.82) is 0 Å². The number of anilines is 1. The van der Waals surface area contributed by atoms with E-state index in [4.69, 9.17) is 0 Å². The van der Waals surface area contributed by atoms with Gasteiger partial charge in [0.2, 0.25) is 0 Å². The fourth-order valence-electron chi connectivity index (χ4n) is 2.85. The molecule has 1 aromatic carbocycles. The first-order chi connectivity index (χ1) is 9.72. The quantitative estimate of drug-likeness (QED) is 0.835. The number of benzene rings is 1. The van der Waals surface area contributed by atoms with Gasteiger partial charge in [0.1, 0.15) is 5.82 Å². The van der Waals surface area contributed by atoms with Gasteiger partial charge in [0, 0.05) is 13.1 Å². The van der Waals surface area contributed by atoms with Gasteiger partial charge in [0.05, 0.1) is 11.3 Å². The largest absolute Gasteiger partial charge is 0.382 e. The lowest BCUT2D eigenvalue weighted by molar-refractivity contribution is 0.0952. The maximum absolute atomic E-state index is 13.7. The summed E-state index contributed by atoms with van der Waals surface area (Å²) in [7, 11) is 0. The smallest absolute Gasteiger partial charge is 0.253 e. The van der Waals surface area contributed by atoms with E-state index in [2.05, 4.69) is 10.6 Å². The number of carbonyl (C=O) groups excluding carboxylic acids is 1. The molecule has 1 saturated carbocycles. The van der Waals surface area contributed by atoms with Gasteiger partial charge < -0.3 is 10.6 Å². The number of para-hydroxylation sites is 1. The number of rotatable bonds is 6. The minimum absolute atomic E-state index is 0.196. The Kier molecular flexibility index (Phi) is 5.39. The van der Waals surface area contributed by atoms with Crippen LogP contribution in [0.15, 0.2) is 18.2 Å². The van der Waals surface area contributed by atoms with Gasteiger partial charge in [0.25, 0.3) is 5.91 Å². The van der Waals surface area contributed by atoms with Gasteiger partial charge in [0.15, 0.2) is 0 Å². The van der Waals surface area contributed by atoms with Crippen LogP contribution in [0.2, 0.25) is 0 Å². The summed E-state index contributed by atoms with van der Waals surface area (Å²) in [6.07, 6.45) is 6.20. The van der Waals surface area contributed by atoms with Crippen LogP contribution < -0.4 is 10.6 Å². The van der Waals surface area contributed by atoms with E-state index in [9.17, 15) is 9.18 Å². The summed E-state index contributed by atoms with van der Waals surface area (Å²) in [4.78, 5) is 12.1. The van der Waals surface area contributed by atoms with Crippen LogP contribution >= 0.6 is 0 Å². The Balaban J connectivity index is 1.92. The molecule has 0 aliphatic heterocycles. The zero-order valence-electron chi connectivity index (χ0n) is 12.0. The van der Waals surface area contributed by atoms with Gasteiger partial charge in [-0.2, -0.15) is 0 Å². The van der Waals surface area contributed by atoms with Crippen LogP contribution in [-0.2, 0) is 0 Å². The van der Waals surface area contributed by atoms with Crippen LogP contribution in [-0.4, -0.2) is 19.0 Å². The molecule has 0 spiro atoms. The summed E-state index contributed by atoms with van der Waals surface area (Å²) in [6.45, 7) is 3.14. The Labute approximate surface area is 120 Å². The zero-order valence-corrected chi connectivity index (χ0v) is 12.0. The van der Waals surface area contributed by atoms with Crippen LogP contribution in [0.5, 0.6) is 0 Å². The van der Waals surface area contributed by atoms with Gasteiger partial charge in [-0.15, -0.1) is 0 Å². The Bertz CT molecular complexity index is 456. The minimum Gasteiger partial charge on any atom is -0.382 e. The SMILES string of the molecule is CCNc1c(F)cccc1C(=O)NCCC1CCCC1. The van der Waals surface area contributed by atoms with Gasteiger partial charge in [-0.05, 0) is 31.4 Å². The second kappa shape index (κ2) is 7.27. The monoisotopic (exact) mass is 278 g/mol. The molecule has 1 aliphatic carbocycles. The molecule has 2 rings (SSSR count). The summed E-state index contributed by atoms with van der Waals surface area (Å²) in [6, 6.07) is 4.60. The molecule has 0 bridgehead atoms. The molecule has 0 saturated heterocycles. The van der Waals surface area contributed by atoms with E-state index in [1.165, 1.54) is 31.7 Å². The molecule has 20 heavy (non-hydrogen) atoms. The molecule has 1 fully saturated rings. The first kappa shape index (κ1) is 14.8. The number of carbonyl (C=O) groups is 1. The van der Waals surface area contributed by atoms with Crippen LogP contribution in [0, 0.1) is 11.7 Å². The summed E-state index contributed by atoms with van der Waals surface area (Å²) in [5.41, 5.74) is 0.687. The maximum Gasteiger partial charge on any atom is 0.253 e. The van der Waals surface area contributed by atoms with Crippen LogP contribution in [0.25, 0.3) is 0 Å². The van der Waals surface area contributed by atoms with Crippen LogP contribution in [0.4, 0.5) is 10.1 Å². The first-order valence-corrected chi connectivity index (χ1v) is 7.53. The predicted molar refractivity (Wildman–Crippen MR) is 79.5 cm³/mol. The lowest BCUT2D eigenvalue weighted by Gasteiger charge is -2.13. The number of hydrogen-bond acceptors (Lipinski definition) is 2. The first-order valence-electron chi connectivity index (χ1n) is 7.53. The molecule has 3 nitrogen and oxygen atoms in total. The van der Waals surface area contributed by atoms with Gasteiger partial charge in [-0.1, -0.05) is 31.7 Å². The molecule has 2 N–H and O–H groups in total. The fraction of sp³-hybridized carbons (Fsp3) is 0.562. The molecule has 0 unspecified atom stereocenters. The van der Waals surface area contributed by atoms with Gasteiger partial charge in [-0.25, -0.2) is 4.39 Å². The molecule has 1 aliphatic rings. The summed E-state index contributed by atoms with van der Waals surface area (Å²) in [5.74, 6) is 0.171. The molecule has 0 heterocycles. The van der Waals surface area contributed by atoms with Crippen molar-refractivity contribution in [3.8, 4) is 0 Å². The average molecular weight is 278 g/mol. The predicted octanol–water partition coefficient (Wildman–Crippen LogP) is 3.57. The average Bonchev–Trinajstić information content (AvgIpc) is 2.94. The van der Waals surface area contributed by atoms with E-state index in [1.54, 1.807) is 12.1 Å². The van der Waals surface area contributed by atoms with Crippen molar-refractivity contribution >= 4 is 11.6 Å². The molecular weight excluding hydrogens is 255 g/mol. The Morgan fingerprint density at radius 3 is 2.80 bits per heavy atom. The van der Waals surface area contributed by atoms with Crippen LogP contribution in [0.3, 0.4) is 0 Å². The van der Waals surface area contributed by atoms with Crippen molar-refractivity contribution in [1.82, 2.24) is 5.32 Å². The molecule has 110 valence electrons. The highest BCUT2D eigenvalue weighted by atomic mass is 19.1. The molecule has 0 aromatic heterocycles. The molecule has 1 aromatic rings. The summed E-state index contributed by atoms with van der Waals surface area (Å²) < 4.78 is 13.7. The number of nitrogens with one attached hydrogen (secondary N) is 2. The number of hydrogen-bond donors (Lipinski definition) is 2. The second-order valence-electron chi connectivity index (χ2n) is 5.39. The van der Waals surface area contributed by atoms with Crippen molar-refractivity contribution in [2.45, 2.75) is 39.0 Å². The number of halogens is 1. The fourth-order valence-corrected chi connectivity index (χ4v) is 2.85. The summed E-state index contributed by atoms with van der Waals surface area (Å²) >= 11 is 0. The Hall–Kier alpha value is -1.58. The van der Waals surface area contributed by atoms with Crippen molar-refractivity contribution < 1.29 is 9.18 Å². The van der Waals surface area contributed by atoms with E-state index in [0.29, 0.717) is 24.3 Å². The lowest BCUT2D eigenvalue weighted by atomic mass is 10.0. The molecular formula is C16H23FN2O. The van der Waals surface area contributed by atoms with E-state index >= 15 is 0 Å². The van der Waals surface area contributed by atoms with Crippen molar-refractivity contribution in [3.05, 3.63) is 29.6 Å². The van der Waals surface area contributed by atoms with Gasteiger partial charge in [-0.3, -0.25) is 4.79 Å². The standard InChI is InChI=1S/C16H23FN2O/c1-2-18-15-13(8-5-9-14(15)17)16(20)19-11-10-12-6-3-4-7-12/h5,8-9,12,18H,2-4,6-7,10-11H2,1H3,(H,19,20). The highest BCUT2D eigenvalue weighted by molar-refractivity contribution is 5.99. The van der Waals surface area contributed by atoms with E-state index in [0.717, 1.165) is 12.3 Å². The van der Waals surface area contributed by atoms with Crippen molar-refractivity contribution in [2.75, 3.05) is 18.4 Å². The highest BCUT2D eigenvalue weighted by Gasteiger charge is 2.17. The Morgan fingerprint density at radius 2 is 2.10 bits per heavy atom. The second-order valence-corrected chi connectivity index (χ2v) is 5.39. The summed E-state index contributed by atoms with van der Waals surface area (Å²) in [5, 5.41) is 5.83.